The molecule has 8 nitrogen and oxygen atoms in total. The van der Waals surface area contributed by atoms with Gasteiger partial charge in [0.15, 0.2) is 11.5 Å². The second kappa shape index (κ2) is 9.38. The van der Waals surface area contributed by atoms with Gasteiger partial charge in [-0.1, -0.05) is 28.9 Å². The van der Waals surface area contributed by atoms with Crippen LogP contribution in [0.25, 0.3) is 17.0 Å². The molecule has 2 amide bonds. The fourth-order valence-corrected chi connectivity index (χ4v) is 3.86. The number of benzene rings is 2. The van der Waals surface area contributed by atoms with Gasteiger partial charge in [-0.15, -0.1) is 6.58 Å². The standard InChI is InChI=1S/C24H23ClN4O4/c1-5-12-29-14(2)20(23-27-22(28-33-23)15-6-9-17(25)10-7-15)21(26-24(29)30)16-8-11-18(31-3)19(13-16)32-4/h5-11,13,21H,1,12H2,2-4H3,(H,26,30). The first kappa shape index (κ1) is 22.4. The van der Waals surface area contributed by atoms with Gasteiger partial charge in [0.05, 0.1) is 25.8 Å². The number of hydrogen-bond acceptors (Lipinski definition) is 6. The zero-order valence-corrected chi connectivity index (χ0v) is 19.2. The van der Waals surface area contributed by atoms with Crippen LogP contribution in [0.3, 0.4) is 0 Å². The van der Waals surface area contributed by atoms with E-state index < -0.39 is 6.04 Å². The molecule has 0 saturated carbocycles. The lowest BCUT2D eigenvalue weighted by atomic mass is 9.94. The van der Waals surface area contributed by atoms with Crippen LogP contribution in [0.4, 0.5) is 4.79 Å². The number of aromatic nitrogens is 2. The maximum absolute atomic E-state index is 12.9. The molecule has 170 valence electrons. The minimum atomic E-state index is -0.545. The fourth-order valence-electron chi connectivity index (χ4n) is 3.74. The molecule has 0 fully saturated rings. The lowest BCUT2D eigenvalue weighted by Gasteiger charge is -2.34. The van der Waals surface area contributed by atoms with E-state index in [0.29, 0.717) is 46.1 Å². The van der Waals surface area contributed by atoms with E-state index in [-0.39, 0.29) is 6.03 Å². The highest BCUT2D eigenvalue weighted by atomic mass is 35.5. The Hall–Kier alpha value is -3.78. The Bertz CT molecular complexity index is 1220. The van der Waals surface area contributed by atoms with Crippen molar-refractivity contribution in [3.8, 4) is 22.9 Å². The van der Waals surface area contributed by atoms with E-state index >= 15 is 0 Å². The second-order valence-electron chi connectivity index (χ2n) is 7.33. The number of hydrogen-bond donors (Lipinski definition) is 1. The number of halogens is 1. The fraction of sp³-hybridized carbons (Fsp3) is 0.208. The molecule has 0 radical (unpaired) electrons. The summed E-state index contributed by atoms with van der Waals surface area (Å²) in [6.07, 6.45) is 1.66. The van der Waals surface area contributed by atoms with Gasteiger partial charge < -0.3 is 19.3 Å². The zero-order valence-electron chi connectivity index (χ0n) is 18.5. The van der Waals surface area contributed by atoms with Gasteiger partial charge in [-0.05, 0) is 48.9 Å². The molecule has 0 saturated heterocycles. The third-order valence-corrected chi connectivity index (χ3v) is 5.66. The maximum Gasteiger partial charge on any atom is 0.322 e. The normalized spacial score (nSPS) is 15.9. The first-order valence-corrected chi connectivity index (χ1v) is 10.6. The minimum Gasteiger partial charge on any atom is -0.493 e. The highest BCUT2D eigenvalue weighted by molar-refractivity contribution is 6.30. The van der Waals surface area contributed by atoms with E-state index in [1.165, 1.54) is 0 Å². The van der Waals surface area contributed by atoms with Crippen molar-refractivity contribution in [2.75, 3.05) is 20.8 Å². The molecule has 0 bridgehead atoms. The molecule has 1 N–H and O–H groups in total. The van der Waals surface area contributed by atoms with Gasteiger partial charge in [-0.25, -0.2) is 4.79 Å². The van der Waals surface area contributed by atoms with Gasteiger partial charge in [0.2, 0.25) is 5.82 Å². The molecular formula is C24H23ClN4O4. The smallest absolute Gasteiger partial charge is 0.322 e. The summed E-state index contributed by atoms with van der Waals surface area (Å²) >= 11 is 5.99. The zero-order chi connectivity index (χ0) is 23.5. The maximum atomic E-state index is 12.9. The van der Waals surface area contributed by atoms with Gasteiger partial charge in [-0.3, -0.25) is 4.90 Å². The topological polar surface area (TPSA) is 89.7 Å². The molecule has 2 aromatic carbocycles. The van der Waals surface area contributed by atoms with Crippen LogP contribution >= 0.6 is 11.6 Å². The number of allylic oxidation sites excluding steroid dienone is 1. The van der Waals surface area contributed by atoms with Crippen LogP contribution in [0.2, 0.25) is 5.02 Å². The van der Waals surface area contributed by atoms with E-state index in [1.807, 2.05) is 31.2 Å². The highest BCUT2D eigenvalue weighted by Crippen LogP contribution is 2.40. The molecule has 1 aliphatic rings. The monoisotopic (exact) mass is 466 g/mol. The van der Waals surface area contributed by atoms with Crippen LogP contribution < -0.4 is 14.8 Å². The molecule has 1 aliphatic heterocycles. The van der Waals surface area contributed by atoms with Gasteiger partial charge >= 0.3 is 6.03 Å². The molecular weight excluding hydrogens is 444 g/mol. The number of nitrogens with one attached hydrogen (secondary N) is 1. The van der Waals surface area contributed by atoms with Crippen LogP contribution in [0.5, 0.6) is 11.5 Å². The number of carbonyl (C=O) groups excluding carboxylic acids is 1. The summed E-state index contributed by atoms with van der Waals surface area (Å²) in [7, 11) is 3.13. The van der Waals surface area contributed by atoms with Crippen molar-refractivity contribution in [2.24, 2.45) is 0 Å². The highest BCUT2D eigenvalue weighted by Gasteiger charge is 2.35. The summed E-state index contributed by atoms with van der Waals surface area (Å²) in [6.45, 7) is 5.93. The Morgan fingerprint density at radius 1 is 1.18 bits per heavy atom. The van der Waals surface area contributed by atoms with Crippen LogP contribution in [0.15, 0.2) is 65.3 Å². The van der Waals surface area contributed by atoms with Crippen molar-refractivity contribution in [3.05, 3.63) is 77.3 Å². The summed E-state index contributed by atoms with van der Waals surface area (Å²) < 4.78 is 16.5. The van der Waals surface area contributed by atoms with Crippen LogP contribution in [0, 0.1) is 0 Å². The number of urea groups is 1. The first-order valence-electron chi connectivity index (χ1n) is 10.2. The lowest BCUT2D eigenvalue weighted by Crippen LogP contribution is -2.46. The summed E-state index contributed by atoms with van der Waals surface area (Å²) in [6, 6.07) is 11.8. The van der Waals surface area contributed by atoms with Crippen molar-refractivity contribution in [1.82, 2.24) is 20.4 Å². The van der Waals surface area contributed by atoms with Gasteiger partial charge in [0.25, 0.3) is 5.89 Å². The van der Waals surface area contributed by atoms with Crippen LogP contribution in [-0.2, 0) is 0 Å². The molecule has 1 atom stereocenters. The van der Waals surface area contributed by atoms with E-state index in [0.717, 1.165) is 11.1 Å². The number of amides is 2. The summed E-state index contributed by atoms with van der Waals surface area (Å²) in [5.41, 5.74) is 2.90. The second-order valence-corrected chi connectivity index (χ2v) is 7.76. The predicted molar refractivity (Wildman–Crippen MR) is 125 cm³/mol. The number of carbonyl (C=O) groups is 1. The number of ether oxygens (including phenoxy) is 2. The Balaban J connectivity index is 1.82. The average Bonchev–Trinajstić information content (AvgIpc) is 3.31. The van der Waals surface area contributed by atoms with Crippen molar-refractivity contribution in [2.45, 2.75) is 13.0 Å². The quantitative estimate of drug-likeness (QED) is 0.488. The summed E-state index contributed by atoms with van der Waals surface area (Å²) in [5.74, 6) is 1.84. The van der Waals surface area contributed by atoms with Gasteiger partial charge in [0.1, 0.15) is 0 Å². The Morgan fingerprint density at radius 3 is 2.58 bits per heavy atom. The van der Waals surface area contributed by atoms with Crippen LogP contribution in [0.1, 0.15) is 24.4 Å². The number of nitrogens with zero attached hydrogens (tertiary/aromatic N) is 3. The molecule has 1 aromatic heterocycles. The molecule has 2 heterocycles. The van der Waals surface area contributed by atoms with Gasteiger partial charge in [0, 0.05) is 22.8 Å². The third kappa shape index (κ3) is 4.29. The Labute approximate surface area is 196 Å². The molecule has 0 aliphatic carbocycles. The largest absolute Gasteiger partial charge is 0.493 e. The van der Waals surface area contributed by atoms with E-state index in [2.05, 4.69) is 22.0 Å². The molecule has 4 rings (SSSR count). The van der Waals surface area contributed by atoms with Crippen molar-refractivity contribution in [1.29, 1.82) is 0 Å². The molecule has 3 aromatic rings. The number of rotatable bonds is 7. The predicted octanol–water partition coefficient (Wildman–Crippen LogP) is 5.09. The first-order chi connectivity index (χ1) is 16.0. The summed E-state index contributed by atoms with van der Waals surface area (Å²) in [5, 5.41) is 7.79. The van der Waals surface area contributed by atoms with E-state index in [4.69, 9.17) is 25.6 Å². The molecule has 0 spiro atoms. The molecule has 33 heavy (non-hydrogen) atoms. The van der Waals surface area contributed by atoms with E-state index in [1.54, 1.807) is 43.4 Å². The Morgan fingerprint density at radius 2 is 1.91 bits per heavy atom. The Kier molecular flexibility index (Phi) is 6.37. The minimum absolute atomic E-state index is 0.256. The SMILES string of the molecule is C=CCN1C(=O)NC(c2ccc(OC)c(OC)c2)C(c2nc(-c3ccc(Cl)cc3)no2)=C1C. The number of methoxy groups -OCH3 is 2. The van der Waals surface area contributed by atoms with Crippen molar-refractivity contribution < 1.29 is 18.8 Å². The third-order valence-electron chi connectivity index (χ3n) is 5.41. The molecule has 1 unspecified atom stereocenters. The average molecular weight is 467 g/mol. The molecule has 9 heteroatoms. The van der Waals surface area contributed by atoms with Gasteiger partial charge in [-0.2, -0.15) is 4.98 Å². The van der Waals surface area contributed by atoms with Crippen molar-refractivity contribution in [3.63, 3.8) is 0 Å². The van der Waals surface area contributed by atoms with E-state index in [9.17, 15) is 4.79 Å². The summed E-state index contributed by atoms with van der Waals surface area (Å²) in [4.78, 5) is 19.1. The lowest BCUT2D eigenvalue weighted by molar-refractivity contribution is 0.209. The van der Waals surface area contributed by atoms with Crippen molar-refractivity contribution >= 4 is 23.2 Å². The van der Waals surface area contributed by atoms with Crippen LogP contribution in [-0.4, -0.2) is 41.8 Å².